The smallest absolute Gasteiger partial charge is 0.233 e. The predicted molar refractivity (Wildman–Crippen MR) is 120 cm³/mol. The first-order valence-electron chi connectivity index (χ1n) is 10.2. The van der Waals surface area contributed by atoms with Gasteiger partial charge in [-0.25, -0.2) is 18.5 Å². The second kappa shape index (κ2) is 10.9. The maximum absolute atomic E-state index is 13.0. The second-order valence-electron chi connectivity index (χ2n) is 7.52. The van der Waals surface area contributed by atoms with Crippen molar-refractivity contribution in [2.24, 2.45) is 0 Å². The molecule has 1 amide bonds. The van der Waals surface area contributed by atoms with Gasteiger partial charge >= 0.3 is 0 Å². The summed E-state index contributed by atoms with van der Waals surface area (Å²) in [5.41, 5.74) is 1.13. The van der Waals surface area contributed by atoms with Gasteiger partial charge in [-0.1, -0.05) is 41.9 Å². The fourth-order valence-corrected chi connectivity index (χ4v) is 5.51. The monoisotopic (exact) mass is 466 g/mol. The van der Waals surface area contributed by atoms with E-state index in [-0.39, 0.29) is 12.2 Å². The molecule has 10 heteroatoms. The van der Waals surface area contributed by atoms with Gasteiger partial charge in [-0.3, -0.25) is 10.0 Å². The average Bonchev–Trinajstić information content (AvgIpc) is 2.79. The maximum atomic E-state index is 13.0. The van der Waals surface area contributed by atoms with Crippen LogP contribution in [-0.2, 0) is 21.2 Å². The summed E-state index contributed by atoms with van der Waals surface area (Å²) < 4.78 is 27.3. The van der Waals surface area contributed by atoms with E-state index in [0.717, 1.165) is 17.8 Å². The Morgan fingerprint density at radius 3 is 2.45 bits per heavy atom. The summed E-state index contributed by atoms with van der Waals surface area (Å²) in [6.45, 7) is 1.64. The summed E-state index contributed by atoms with van der Waals surface area (Å²) in [4.78, 5) is 17.4. The molecule has 0 radical (unpaired) electrons. The van der Waals surface area contributed by atoms with E-state index < -0.39 is 16.1 Å². The molecule has 1 fully saturated rings. The van der Waals surface area contributed by atoms with Gasteiger partial charge in [0.15, 0.2) is 0 Å². The summed E-state index contributed by atoms with van der Waals surface area (Å²) in [6, 6.07) is 12.6. The van der Waals surface area contributed by atoms with Gasteiger partial charge in [0, 0.05) is 32.4 Å². The molecule has 1 aliphatic rings. The van der Waals surface area contributed by atoms with Crippen LogP contribution in [0.4, 0.5) is 5.82 Å². The number of rotatable bonds is 10. The average molecular weight is 467 g/mol. The first-order chi connectivity index (χ1) is 14.9. The summed E-state index contributed by atoms with van der Waals surface area (Å²) in [6.07, 6.45) is 3.63. The van der Waals surface area contributed by atoms with E-state index in [0.29, 0.717) is 49.1 Å². The van der Waals surface area contributed by atoms with Crippen molar-refractivity contribution in [1.82, 2.24) is 14.4 Å². The number of piperazine rings is 1. The number of hydrogen-bond donors (Lipinski definition) is 1. The molecule has 1 aromatic carbocycles. The van der Waals surface area contributed by atoms with E-state index in [1.807, 2.05) is 41.3 Å². The number of carbonyl (C=O) groups is 1. The van der Waals surface area contributed by atoms with E-state index in [4.69, 9.17) is 11.6 Å². The molecule has 0 bridgehead atoms. The number of benzene rings is 1. The van der Waals surface area contributed by atoms with Crippen LogP contribution in [-0.4, -0.2) is 72.4 Å². The van der Waals surface area contributed by atoms with Gasteiger partial charge in [-0.2, -0.15) is 4.31 Å². The lowest BCUT2D eigenvalue weighted by atomic mass is 10.1. The van der Waals surface area contributed by atoms with Crippen molar-refractivity contribution in [3.8, 4) is 0 Å². The second-order valence-corrected chi connectivity index (χ2v) is 9.97. The number of sulfonamides is 1. The lowest BCUT2D eigenvalue weighted by Gasteiger charge is -2.35. The third-order valence-electron chi connectivity index (χ3n) is 5.40. The molecule has 1 N–H and O–H groups in total. The molecule has 2 aromatic rings. The molecule has 0 aliphatic carbocycles. The highest BCUT2D eigenvalue weighted by Crippen LogP contribution is 2.19. The molecule has 0 spiro atoms. The van der Waals surface area contributed by atoms with Gasteiger partial charge < -0.3 is 4.90 Å². The van der Waals surface area contributed by atoms with Crippen LogP contribution in [0.5, 0.6) is 0 Å². The highest BCUT2D eigenvalue weighted by atomic mass is 35.5. The van der Waals surface area contributed by atoms with Gasteiger partial charge in [-0.05, 0) is 37.0 Å². The number of hydrogen-bond acceptors (Lipinski definition) is 6. The molecule has 1 unspecified atom stereocenters. The maximum Gasteiger partial charge on any atom is 0.233 e. The number of carbonyl (C=O) groups excluding carboxylic acids is 1. The SMILES string of the molecule is O=CN(O)C(CCCc1ccccc1)CS(=O)(=O)N1CCN(c2ccc(Cl)cn2)CC1. The Morgan fingerprint density at radius 1 is 1.13 bits per heavy atom. The standard InChI is InChI=1S/C21H27ClN4O4S/c22-19-9-10-21(23-15-19)24-11-13-25(14-12-24)31(29,30)16-20(26(28)17-27)8-4-7-18-5-2-1-3-6-18/h1-3,5-6,9-10,15,17,20,28H,4,7-8,11-14,16H2. The summed E-state index contributed by atoms with van der Waals surface area (Å²) in [5.74, 6) is 0.443. The molecule has 2 heterocycles. The molecule has 3 rings (SSSR count). The number of nitrogens with zero attached hydrogens (tertiary/aromatic N) is 4. The molecule has 1 atom stereocenters. The Kier molecular flexibility index (Phi) is 8.25. The van der Waals surface area contributed by atoms with Crippen LogP contribution in [0.2, 0.25) is 5.02 Å². The third kappa shape index (κ3) is 6.64. The molecule has 31 heavy (non-hydrogen) atoms. The van der Waals surface area contributed by atoms with Crippen LogP contribution in [0.1, 0.15) is 18.4 Å². The van der Waals surface area contributed by atoms with E-state index >= 15 is 0 Å². The van der Waals surface area contributed by atoms with Crippen molar-refractivity contribution < 1.29 is 18.4 Å². The van der Waals surface area contributed by atoms with Crippen LogP contribution in [0.3, 0.4) is 0 Å². The fraction of sp³-hybridized carbons (Fsp3) is 0.429. The summed E-state index contributed by atoms with van der Waals surface area (Å²) in [7, 11) is -3.64. The van der Waals surface area contributed by atoms with Crippen LogP contribution in [0, 0.1) is 0 Å². The first kappa shape index (κ1) is 23.5. The van der Waals surface area contributed by atoms with Crippen molar-refractivity contribution in [1.29, 1.82) is 0 Å². The Morgan fingerprint density at radius 2 is 1.84 bits per heavy atom. The zero-order valence-electron chi connectivity index (χ0n) is 17.2. The lowest BCUT2D eigenvalue weighted by molar-refractivity contribution is -0.158. The number of hydroxylamine groups is 2. The van der Waals surface area contributed by atoms with Crippen LogP contribution in [0.15, 0.2) is 48.7 Å². The third-order valence-corrected chi connectivity index (χ3v) is 7.58. The van der Waals surface area contributed by atoms with Crippen LogP contribution in [0.25, 0.3) is 0 Å². The van der Waals surface area contributed by atoms with E-state index in [2.05, 4.69) is 4.98 Å². The number of anilines is 1. The Labute approximate surface area is 188 Å². The molecular formula is C21H27ClN4O4S. The number of amides is 1. The predicted octanol–water partition coefficient (Wildman–Crippen LogP) is 2.43. The van der Waals surface area contributed by atoms with E-state index in [1.54, 1.807) is 12.3 Å². The van der Waals surface area contributed by atoms with Crippen LogP contribution < -0.4 is 4.90 Å². The largest absolute Gasteiger partial charge is 0.354 e. The van der Waals surface area contributed by atoms with Crippen molar-refractivity contribution in [3.63, 3.8) is 0 Å². The Hall–Kier alpha value is -2.20. The molecule has 1 aliphatic heterocycles. The van der Waals surface area contributed by atoms with Gasteiger partial charge in [0.1, 0.15) is 5.82 Å². The Bertz CT molecular complexity index is 936. The lowest BCUT2D eigenvalue weighted by Crippen LogP contribution is -2.51. The van der Waals surface area contributed by atoms with Crippen molar-refractivity contribution in [2.45, 2.75) is 25.3 Å². The highest BCUT2D eigenvalue weighted by molar-refractivity contribution is 7.89. The zero-order valence-corrected chi connectivity index (χ0v) is 18.7. The van der Waals surface area contributed by atoms with E-state index in [9.17, 15) is 18.4 Å². The Balaban J connectivity index is 1.56. The minimum atomic E-state index is -3.64. The zero-order chi connectivity index (χ0) is 22.3. The highest BCUT2D eigenvalue weighted by Gasteiger charge is 2.31. The van der Waals surface area contributed by atoms with Crippen LogP contribution >= 0.6 is 11.6 Å². The van der Waals surface area contributed by atoms with Gasteiger partial charge in [0.05, 0.1) is 16.8 Å². The van der Waals surface area contributed by atoms with Crippen molar-refractivity contribution in [3.05, 3.63) is 59.2 Å². The summed E-state index contributed by atoms with van der Waals surface area (Å²) >= 11 is 5.87. The normalized spacial score (nSPS) is 16.1. The van der Waals surface area contributed by atoms with Gasteiger partial charge in [0.25, 0.3) is 0 Å². The minimum absolute atomic E-state index is 0.271. The van der Waals surface area contributed by atoms with Crippen molar-refractivity contribution >= 4 is 33.9 Å². The summed E-state index contributed by atoms with van der Waals surface area (Å²) in [5, 5.41) is 11.0. The number of aromatic nitrogens is 1. The number of pyridine rings is 1. The number of halogens is 1. The molecule has 0 saturated carbocycles. The number of aryl methyl sites for hydroxylation is 1. The fourth-order valence-electron chi connectivity index (χ4n) is 3.66. The first-order valence-corrected chi connectivity index (χ1v) is 12.2. The molecule has 1 saturated heterocycles. The topological polar surface area (TPSA) is 94.0 Å². The minimum Gasteiger partial charge on any atom is -0.354 e. The molecule has 8 nitrogen and oxygen atoms in total. The van der Waals surface area contributed by atoms with Gasteiger partial charge in [0.2, 0.25) is 16.4 Å². The molecular weight excluding hydrogens is 440 g/mol. The van der Waals surface area contributed by atoms with Gasteiger partial charge in [-0.15, -0.1) is 0 Å². The molecule has 168 valence electrons. The molecule has 1 aromatic heterocycles. The van der Waals surface area contributed by atoms with E-state index in [1.165, 1.54) is 4.31 Å². The van der Waals surface area contributed by atoms with Crippen molar-refractivity contribution in [2.75, 3.05) is 36.8 Å². The quantitative estimate of drug-likeness (QED) is 0.328.